The van der Waals surface area contributed by atoms with Crippen LogP contribution in [0, 0.1) is 5.92 Å². The van der Waals surface area contributed by atoms with Crippen molar-refractivity contribution in [2.24, 2.45) is 5.92 Å². The van der Waals surface area contributed by atoms with Gasteiger partial charge in [0.1, 0.15) is 5.75 Å². The second kappa shape index (κ2) is 8.78. The maximum Gasteiger partial charge on any atom is 0.321 e. The van der Waals surface area contributed by atoms with E-state index in [0.29, 0.717) is 0 Å². The number of aromatic nitrogens is 1. The largest absolute Gasteiger partial charge is 0.496 e. The number of carbonyl (C=O) groups is 1. The van der Waals surface area contributed by atoms with E-state index in [2.05, 4.69) is 15.2 Å². The summed E-state index contributed by atoms with van der Waals surface area (Å²) in [6, 6.07) is 7.56. The molecule has 0 radical (unpaired) electrons. The van der Waals surface area contributed by atoms with Crippen molar-refractivity contribution in [3.8, 4) is 5.75 Å². The van der Waals surface area contributed by atoms with Gasteiger partial charge in [-0.1, -0.05) is 25.3 Å². The first kappa shape index (κ1) is 19.0. The van der Waals surface area contributed by atoms with Gasteiger partial charge in [0.25, 0.3) is 0 Å². The SMILES string of the molecule is COc1ccnc2c(NC(=O)N3CCN(CC4CCCCC4)CC3)cccc12. The zero-order chi connectivity index (χ0) is 19.3. The summed E-state index contributed by atoms with van der Waals surface area (Å²) in [6.07, 6.45) is 8.63. The van der Waals surface area contributed by atoms with Crippen LogP contribution in [0.25, 0.3) is 10.9 Å². The van der Waals surface area contributed by atoms with E-state index in [-0.39, 0.29) is 6.03 Å². The van der Waals surface area contributed by atoms with Crippen molar-refractivity contribution in [1.82, 2.24) is 14.8 Å². The van der Waals surface area contributed by atoms with Gasteiger partial charge in [0.15, 0.2) is 0 Å². The second-order valence-corrected chi connectivity index (χ2v) is 7.94. The highest BCUT2D eigenvalue weighted by molar-refractivity contribution is 6.01. The minimum absolute atomic E-state index is 0.0468. The van der Waals surface area contributed by atoms with E-state index < -0.39 is 0 Å². The highest BCUT2D eigenvalue weighted by atomic mass is 16.5. The highest BCUT2D eigenvalue weighted by Crippen LogP contribution is 2.29. The van der Waals surface area contributed by atoms with Crippen molar-refractivity contribution in [3.05, 3.63) is 30.5 Å². The molecule has 0 unspecified atom stereocenters. The van der Waals surface area contributed by atoms with Crippen LogP contribution in [0.2, 0.25) is 0 Å². The van der Waals surface area contributed by atoms with E-state index in [1.807, 2.05) is 29.2 Å². The molecular weight excluding hydrogens is 352 g/mol. The fourth-order valence-corrected chi connectivity index (χ4v) is 4.49. The number of para-hydroxylation sites is 1. The predicted molar refractivity (Wildman–Crippen MR) is 112 cm³/mol. The van der Waals surface area contributed by atoms with Gasteiger partial charge in [0.05, 0.1) is 18.3 Å². The Morgan fingerprint density at radius 1 is 1.14 bits per heavy atom. The molecule has 2 amide bonds. The fourth-order valence-electron chi connectivity index (χ4n) is 4.49. The zero-order valence-electron chi connectivity index (χ0n) is 16.7. The van der Waals surface area contributed by atoms with Gasteiger partial charge in [0, 0.05) is 44.3 Å². The molecule has 6 nitrogen and oxygen atoms in total. The standard InChI is InChI=1S/C22H30N4O2/c1-28-20-10-11-23-21-18(20)8-5-9-19(21)24-22(27)26-14-12-25(13-15-26)16-17-6-3-2-4-7-17/h5,8-11,17H,2-4,6-7,12-16H2,1H3,(H,24,27). The van der Waals surface area contributed by atoms with Crippen LogP contribution in [-0.2, 0) is 0 Å². The third-order valence-corrected chi connectivity index (χ3v) is 6.09. The Hall–Kier alpha value is -2.34. The lowest BCUT2D eigenvalue weighted by molar-refractivity contribution is 0.125. The Bertz CT molecular complexity index is 811. The maximum atomic E-state index is 12.8. The molecule has 0 bridgehead atoms. The number of methoxy groups -OCH3 is 1. The molecule has 2 fully saturated rings. The average molecular weight is 383 g/mol. The van der Waals surface area contributed by atoms with Crippen molar-refractivity contribution in [1.29, 1.82) is 0 Å². The quantitative estimate of drug-likeness (QED) is 0.869. The molecular formula is C22H30N4O2. The molecule has 4 rings (SSSR count). The molecule has 0 atom stereocenters. The number of anilines is 1. The molecule has 150 valence electrons. The monoisotopic (exact) mass is 382 g/mol. The molecule has 2 aliphatic rings. The predicted octanol–water partition coefficient (Wildman–Crippen LogP) is 3.97. The second-order valence-electron chi connectivity index (χ2n) is 7.94. The number of benzene rings is 1. The number of hydrogen-bond acceptors (Lipinski definition) is 4. The van der Waals surface area contributed by atoms with Crippen LogP contribution in [0.3, 0.4) is 0 Å². The van der Waals surface area contributed by atoms with Crippen LogP contribution < -0.4 is 10.1 Å². The lowest BCUT2D eigenvalue weighted by Gasteiger charge is -2.37. The van der Waals surface area contributed by atoms with Gasteiger partial charge in [-0.05, 0) is 37.0 Å². The van der Waals surface area contributed by atoms with E-state index in [9.17, 15) is 4.79 Å². The molecule has 1 aliphatic heterocycles. The van der Waals surface area contributed by atoms with Crippen LogP contribution in [-0.4, -0.2) is 60.6 Å². The maximum absolute atomic E-state index is 12.8. The first-order valence-electron chi connectivity index (χ1n) is 10.4. The minimum Gasteiger partial charge on any atom is -0.496 e. The molecule has 1 N–H and O–H groups in total. The molecule has 6 heteroatoms. The molecule has 2 aromatic rings. The summed E-state index contributed by atoms with van der Waals surface area (Å²) >= 11 is 0. The van der Waals surface area contributed by atoms with Gasteiger partial charge in [-0.15, -0.1) is 0 Å². The number of nitrogens with zero attached hydrogens (tertiary/aromatic N) is 3. The van der Waals surface area contributed by atoms with Crippen molar-refractivity contribution in [2.45, 2.75) is 32.1 Å². The van der Waals surface area contributed by atoms with Crippen molar-refractivity contribution >= 4 is 22.6 Å². The lowest BCUT2D eigenvalue weighted by Crippen LogP contribution is -2.51. The average Bonchev–Trinajstić information content (AvgIpc) is 2.75. The summed E-state index contributed by atoms with van der Waals surface area (Å²) in [5.41, 5.74) is 1.48. The molecule has 1 saturated carbocycles. The number of fused-ring (bicyclic) bond motifs is 1. The molecule has 1 aromatic heterocycles. The molecule has 2 heterocycles. The van der Waals surface area contributed by atoms with Crippen molar-refractivity contribution in [2.75, 3.05) is 45.2 Å². The normalized spacial score (nSPS) is 19.0. The topological polar surface area (TPSA) is 57.7 Å². The third kappa shape index (κ3) is 4.22. The Kier molecular flexibility index (Phi) is 5.95. The van der Waals surface area contributed by atoms with E-state index in [0.717, 1.165) is 54.4 Å². The molecule has 0 spiro atoms. The van der Waals surface area contributed by atoms with Gasteiger partial charge >= 0.3 is 6.03 Å². The lowest BCUT2D eigenvalue weighted by atomic mass is 9.89. The summed E-state index contributed by atoms with van der Waals surface area (Å²) in [6.45, 7) is 4.68. The van der Waals surface area contributed by atoms with Crippen LogP contribution in [0.15, 0.2) is 30.5 Å². The van der Waals surface area contributed by atoms with E-state index in [1.165, 1.54) is 38.6 Å². The first-order chi connectivity index (χ1) is 13.7. The molecule has 1 saturated heterocycles. The first-order valence-corrected chi connectivity index (χ1v) is 10.4. The summed E-state index contributed by atoms with van der Waals surface area (Å²) in [7, 11) is 1.65. The molecule has 1 aromatic carbocycles. The van der Waals surface area contributed by atoms with E-state index in [4.69, 9.17) is 4.74 Å². The van der Waals surface area contributed by atoms with Crippen LogP contribution >= 0.6 is 0 Å². The third-order valence-electron chi connectivity index (χ3n) is 6.09. The minimum atomic E-state index is -0.0468. The number of ether oxygens (including phenoxy) is 1. The summed E-state index contributed by atoms with van der Waals surface area (Å²) in [5, 5.41) is 3.96. The summed E-state index contributed by atoms with van der Waals surface area (Å²) < 4.78 is 5.41. The van der Waals surface area contributed by atoms with Gasteiger partial charge in [-0.2, -0.15) is 0 Å². The number of hydrogen-bond donors (Lipinski definition) is 1. The number of urea groups is 1. The Morgan fingerprint density at radius 2 is 1.93 bits per heavy atom. The van der Waals surface area contributed by atoms with E-state index in [1.54, 1.807) is 13.3 Å². The number of piperazine rings is 1. The highest BCUT2D eigenvalue weighted by Gasteiger charge is 2.24. The van der Waals surface area contributed by atoms with Gasteiger partial charge in [-0.25, -0.2) is 4.79 Å². The van der Waals surface area contributed by atoms with E-state index >= 15 is 0 Å². The number of carbonyl (C=O) groups excluding carboxylic acids is 1. The Balaban J connectivity index is 1.35. The van der Waals surface area contributed by atoms with Crippen LogP contribution in [0.5, 0.6) is 5.75 Å². The molecule has 28 heavy (non-hydrogen) atoms. The fraction of sp³-hybridized carbons (Fsp3) is 0.545. The number of amides is 2. The summed E-state index contributed by atoms with van der Waals surface area (Å²) in [4.78, 5) is 21.7. The zero-order valence-corrected chi connectivity index (χ0v) is 16.7. The Morgan fingerprint density at radius 3 is 2.68 bits per heavy atom. The number of rotatable bonds is 4. The molecule has 1 aliphatic carbocycles. The summed E-state index contributed by atoms with van der Waals surface area (Å²) in [5.74, 6) is 1.61. The Labute approximate surface area is 166 Å². The van der Waals surface area contributed by atoms with Crippen molar-refractivity contribution < 1.29 is 9.53 Å². The van der Waals surface area contributed by atoms with Crippen LogP contribution in [0.1, 0.15) is 32.1 Å². The van der Waals surface area contributed by atoms with Gasteiger partial charge in [-0.3, -0.25) is 9.88 Å². The van der Waals surface area contributed by atoms with Crippen molar-refractivity contribution in [3.63, 3.8) is 0 Å². The van der Waals surface area contributed by atoms with Crippen LogP contribution in [0.4, 0.5) is 10.5 Å². The van der Waals surface area contributed by atoms with Gasteiger partial charge < -0.3 is 15.0 Å². The van der Waals surface area contributed by atoms with Gasteiger partial charge in [0.2, 0.25) is 0 Å². The number of pyridine rings is 1. The number of nitrogens with one attached hydrogen (secondary N) is 1. The smallest absolute Gasteiger partial charge is 0.321 e.